The van der Waals surface area contributed by atoms with E-state index in [0.29, 0.717) is 13.0 Å². The molecule has 0 radical (unpaired) electrons. The zero-order valence-corrected chi connectivity index (χ0v) is 14.0. The molecule has 1 heterocycles. The molecule has 6 heteroatoms. The minimum atomic E-state index is -1.01. The molecule has 3 atom stereocenters. The average Bonchev–Trinajstić information content (AvgIpc) is 3.21. The van der Waals surface area contributed by atoms with Crippen molar-refractivity contribution in [3.8, 4) is 5.75 Å². The predicted molar refractivity (Wildman–Crippen MR) is 86.7 cm³/mol. The van der Waals surface area contributed by atoms with Gasteiger partial charge in [0, 0.05) is 0 Å². The number of aliphatic carboxylic acids is 1. The maximum absolute atomic E-state index is 12.5. The highest BCUT2D eigenvalue weighted by atomic mass is 16.5. The fraction of sp³-hybridized carbons (Fsp3) is 0.556. The largest absolute Gasteiger partial charge is 0.494 e. The molecule has 0 bridgehead atoms. The Morgan fingerprint density at radius 3 is 2.50 bits per heavy atom. The van der Waals surface area contributed by atoms with E-state index in [0.717, 1.165) is 24.2 Å². The molecular formula is C18H23NO5. The Hall–Kier alpha value is -2.08. The number of carboxylic acids is 1. The fourth-order valence-corrected chi connectivity index (χ4v) is 3.26. The Kier molecular flexibility index (Phi) is 4.49. The molecule has 1 saturated heterocycles. The third-order valence-corrected chi connectivity index (χ3v) is 4.78. The number of rotatable bonds is 6. The van der Waals surface area contributed by atoms with Crippen LogP contribution in [0.4, 0.5) is 0 Å². The summed E-state index contributed by atoms with van der Waals surface area (Å²) >= 11 is 0. The predicted octanol–water partition coefficient (Wildman–Crippen LogP) is 2.07. The second-order valence-electron chi connectivity index (χ2n) is 6.63. The fourth-order valence-electron chi connectivity index (χ4n) is 3.26. The topological polar surface area (TPSA) is 84.9 Å². The van der Waals surface area contributed by atoms with Gasteiger partial charge in [0.2, 0.25) is 5.91 Å². The number of carbonyl (C=O) groups excluding carboxylic acids is 1. The van der Waals surface area contributed by atoms with Gasteiger partial charge in [-0.1, -0.05) is 19.1 Å². The molecule has 2 fully saturated rings. The van der Waals surface area contributed by atoms with Gasteiger partial charge >= 0.3 is 5.97 Å². The monoisotopic (exact) mass is 333 g/mol. The number of amides is 1. The van der Waals surface area contributed by atoms with Crippen LogP contribution >= 0.6 is 0 Å². The van der Waals surface area contributed by atoms with E-state index >= 15 is 0 Å². The summed E-state index contributed by atoms with van der Waals surface area (Å²) in [6.45, 7) is 4.35. The molecule has 0 aromatic heterocycles. The molecular weight excluding hydrogens is 310 g/mol. The maximum Gasteiger partial charge on any atom is 0.333 e. The van der Waals surface area contributed by atoms with Crippen molar-refractivity contribution in [2.24, 2.45) is 5.92 Å². The zero-order chi connectivity index (χ0) is 17.3. The first-order valence-electron chi connectivity index (χ1n) is 8.39. The molecule has 0 unspecified atom stereocenters. The van der Waals surface area contributed by atoms with Crippen LogP contribution in [0.5, 0.6) is 5.75 Å². The third kappa shape index (κ3) is 3.24. The third-order valence-electron chi connectivity index (χ3n) is 4.78. The number of hydrogen-bond donors (Lipinski definition) is 2. The van der Waals surface area contributed by atoms with Gasteiger partial charge < -0.3 is 19.9 Å². The summed E-state index contributed by atoms with van der Waals surface area (Å²) in [7, 11) is 0. The van der Waals surface area contributed by atoms with Crippen LogP contribution in [-0.2, 0) is 19.9 Å². The lowest BCUT2D eigenvalue weighted by Gasteiger charge is -2.21. The molecule has 3 rings (SSSR count). The van der Waals surface area contributed by atoms with Gasteiger partial charge in [-0.15, -0.1) is 0 Å². The highest BCUT2D eigenvalue weighted by Crippen LogP contribution is 2.46. The van der Waals surface area contributed by atoms with Gasteiger partial charge in [0.25, 0.3) is 0 Å². The maximum atomic E-state index is 12.5. The molecule has 2 aliphatic rings. The Labute approximate surface area is 141 Å². The van der Waals surface area contributed by atoms with Crippen LogP contribution in [0.25, 0.3) is 0 Å². The summed E-state index contributed by atoms with van der Waals surface area (Å²) in [5.41, 5.74) is 0.690. The lowest BCUT2D eigenvalue weighted by Crippen LogP contribution is -2.42. The van der Waals surface area contributed by atoms with Crippen LogP contribution in [0.3, 0.4) is 0 Å². The van der Waals surface area contributed by atoms with Crippen molar-refractivity contribution in [2.75, 3.05) is 6.61 Å². The summed E-state index contributed by atoms with van der Waals surface area (Å²) < 4.78 is 10.9. The summed E-state index contributed by atoms with van der Waals surface area (Å²) in [6, 6.07) is 7.74. The van der Waals surface area contributed by atoms with Crippen molar-refractivity contribution in [2.45, 2.75) is 50.9 Å². The standard InChI is InChI=1S/C18H23NO5/c1-3-23-13-6-4-12(5-7-13)18(8-9-18)19-16(20)14-10-11(2)15(24-14)17(21)22/h4-7,11,14-15H,3,8-10H2,1-2H3,(H,19,20)(H,21,22)/t11-,14-,15-/m0/s1. The Balaban J connectivity index is 1.65. The second-order valence-corrected chi connectivity index (χ2v) is 6.63. The normalized spacial score (nSPS) is 27.5. The van der Waals surface area contributed by atoms with Crippen LogP contribution in [-0.4, -0.2) is 35.8 Å². The first-order chi connectivity index (χ1) is 11.4. The molecule has 2 N–H and O–H groups in total. The minimum Gasteiger partial charge on any atom is -0.494 e. The molecule has 24 heavy (non-hydrogen) atoms. The molecule has 1 aliphatic carbocycles. The van der Waals surface area contributed by atoms with Gasteiger partial charge in [-0.3, -0.25) is 4.79 Å². The highest BCUT2D eigenvalue weighted by molar-refractivity contribution is 5.84. The van der Waals surface area contributed by atoms with E-state index in [1.165, 1.54) is 0 Å². The highest BCUT2D eigenvalue weighted by Gasteiger charge is 2.48. The van der Waals surface area contributed by atoms with Crippen molar-refractivity contribution in [1.82, 2.24) is 5.32 Å². The van der Waals surface area contributed by atoms with Gasteiger partial charge in [-0.2, -0.15) is 0 Å². The number of carbonyl (C=O) groups is 2. The lowest BCUT2D eigenvalue weighted by molar-refractivity contribution is -0.153. The smallest absolute Gasteiger partial charge is 0.333 e. The average molecular weight is 333 g/mol. The van der Waals surface area contributed by atoms with Crippen molar-refractivity contribution >= 4 is 11.9 Å². The number of benzene rings is 1. The van der Waals surface area contributed by atoms with Crippen LogP contribution in [0, 0.1) is 5.92 Å². The molecule has 1 aliphatic heterocycles. The van der Waals surface area contributed by atoms with Crippen LogP contribution in [0.15, 0.2) is 24.3 Å². The van der Waals surface area contributed by atoms with Crippen molar-refractivity contribution in [3.05, 3.63) is 29.8 Å². The summed E-state index contributed by atoms with van der Waals surface area (Å²) in [4.78, 5) is 23.6. The van der Waals surface area contributed by atoms with Crippen molar-refractivity contribution < 1.29 is 24.2 Å². The number of hydrogen-bond acceptors (Lipinski definition) is 4. The first-order valence-corrected chi connectivity index (χ1v) is 8.39. The molecule has 1 aromatic carbocycles. The Morgan fingerprint density at radius 2 is 2.00 bits per heavy atom. The van der Waals surface area contributed by atoms with Gasteiger partial charge in [0.15, 0.2) is 6.10 Å². The minimum absolute atomic E-state index is 0.168. The molecule has 0 spiro atoms. The molecule has 1 amide bonds. The van der Waals surface area contributed by atoms with E-state index in [9.17, 15) is 9.59 Å². The number of carboxylic acid groups (broad SMARTS) is 1. The summed E-state index contributed by atoms with van der Waals surface area (Å²) in [5, 5.41) is 12.2. The van der Waals surface area contributed by atoms with E-state index in [2.05, 4.69) is 5.32 Å². The quantitative estimate of drug-likeness (QED) is 0.832. The lowest BCUT2D eigenvalue weighted by atomic mass is 10.0. The van der Waals surface area contributed by atoms with Gasteiger partial charge in [-0.25, -0.2) is 4.79 Å². The Morgan fingerprint density at radius 1 is 1.33 bits per heavy atom. The van der Waals surface area contributed by atoms with Crippen LogP contribution < -0.4 is 10.1 Å². The van der Waals surface area contributed by atoms with Gasteiger partial charge in [-0.05, 0) is 49.8 Å². The number of ether oxygens (including phenoxy) is 2. The van der Waals surface area contributed by atoms with Crippen LogP contribution in [0.2, 0.25) is 0 Å². The Bertz CT molecular complexity index is 623. The first kappa shape index (κ1) is 16.8. The molecule has 130 valence electrons. The van der Waals surface area contributed by atoms with Gasteiger partial charge in [0.05, 0.1) is 12.1 Å². The summed E-state index contributed by atoms with van der Waals surface area (Å²) in [5.74, 6) is -0.595. The van der Waals surface area contributed by atoms with Crippen molar-refractivity contribution in [1.29, 1.82) is 0 Å². The van der Waals surface area contributed by atoms with E-state index in [4.69, 9.17) is 14.6 Å². The van der Waals surface area contributed by atoms with E-state index < -0.39 is 18.2 Å². The van der Waals surface area contributed by atoms with E-state index in [-0.39, 0.29) is 17.4 Å². The van der Waals surface area contributed by atoms with E-state index in [1.807, 2.05) is 31.2 Å². The summed E-state index contributed by atoms with van der Waals surface area (Å²) in [6.07, 6.45) is 0.583. The van der Waals surface area contributed by atoms with E-state index in [1.54, 1.807) is 6.92 Å². The SMILES string of the molecule is CCOc1ccc(C2(NC(=O)[C@@H]3C[C@H](C)[C@@H](C(=O)O)O3)CC2)cc1. The zero-order valence-electron chi connectivity index (χ0n) is 14.0. The molecule has 1 saturated carbocycles. The molecule has 1 aromatic rings. The van der Waals surface area contributed by atoms with Crippen LogP contribution in [0.1, 0.15) is 38.7 Å². The second kappa shape index (κ2) is 6.43. The van der Waals surface area contributed by atoms with Gasteiger partial charge in [0.1, 0.15) is 11.9 Å². The molecule has 6 nitrogen and oxygen atoms in total. The van der Waals surface area contributed by atoms with Crippen molar-refractivity contribution in [3.63, 3.8) is 0 Å². The number of nitrogens with one attached hydrogen (secondary N) is 1.